The molecular formula is C24H25BrN8O5. The molecule has 0 radical (unpaired) electrons. The Labute approximate surface area is 224 Å². The summed E-state index contributed by atoms with van der Waals surface area (Å²) in [7, 11) is 1.67. The van der Waals surface area contributed by atoms with Crippen LogP contribution in [0.4, 0.5) is 17.3 Å². The fourth-order valence-electron chi connectivity index (χ4n) is 4.51. The number of nitrogens with one attached hydrogen (secondary N) is 2. The van der Waals surface area contributed by atoms with E-state index in [1.807, 2.05) is 18.2 Å². The highest BCUT2D eigenvalue weighted by Crippen LogP contribution is 2.29. The Balaban J connectivity index is 1.44. The summed E-state index contributed by atoms with van der Waals surface area (Å²) in [5.41, 5.74) is 1.13. The van der Waals surface area contributed by atoms with E-state index in [9.17, 15) is 19.5 Å². The number of fused-ring (bicyclic) bond motifs is 2. The molecule has 38 heavy (non-hydrogen) atoms. The minimum Gasteiger partial charge on any atom is -0.486 e. The Kier molecular flexibility index (Phi) is 7.13. The predicted octanol–water partition coefficient (Wildman–Crippen LogP) is 1.66. The Bertz CT molecular complexity index is 1590. The van der Waals surface area contributed by atoms with Crippen molar-refractivity contribution < 1.29 is 19.4 Å². The maximum atomic E-state index is 12.8. The number of nitrogens with zero attached hydrogens (tertiary/aromatic N) is 6. The molecule has 4 aromatic rings. The molecule has 3 N–H and O–H groups in total. The number of carbonyl (C=O) groups excluding carboxylic acids is 1. The lowest BCUT2D eigenvalue weighted by atomic mass is 10.2. The molecule has 1 fully saturated rings. The number of carboxylic acid groups (broad SMARTS) is 1. The van der Waals surface area contributed by atoms with Gasteiger partial charge in [-0.15, -0.1) is 0 Å². The van der Waals surface area contributed by atoms with Crippen LogP contribution in [0.5, 0.6) is 5.75 Å². The summed E-state index contributed by atoms with van der Waals surface area (Å²) in [6.45, 7) is 1.00. The van der Waals surface area contributed by atoms with Gasteiger partial charge in [0.05, 0.1) is 17.4 Å². The number of aryl methyl sites for hydroxylation is 1. The average Bonchev–Trinajstić information content (AvgIpc) is 3.59. The number of hydrogen-bond acceptors (Lipinski definition) is 9. The number of amides is 1. The number of aromatic nitrogens is 5. The third-order valence-electron chi connectivity index (χ3n) is 6.34. The molecule has 13 nitrogen and oxygen atoms in total. The van der Waals surface area contributed by atoms with Gasteiger partial charge in [-0.2, -0.15) is 19.6 Å². The molecule has 5 rings (SSSR count). The van der Waals surface area contributed by atoms with E-state index in [2.05, 4.69) is 41.6 Å². The van der Waals surface area contributed by atoms with E-state index >= 15 is 0 Å². The van der Waals surface area contributed by atoms with Gasteiger partial charge in [0.1, 0.15) is 30.6 Å². The van der Waals surface area contributed by atoms with E-state index in [0.29, 0.717) is 41.6 Å². The van der Waals surface area contributed by atoms with Crippen molar-refractivity contribution in [2.24, 2.45) is 7.05 Å². The third-order valence-corrected chi connectivity index (χ3v) is 6.85. The summed E-state index contributed by atoms with van der Waals surface area (Å²) >= 11 is 3.08. The molecule has 1 atom stereocenters. The Morgan fingerprint density at radius 3 is 2.89 bits per heavy atom. The number of carbonyl (C=O) groups is 2. The normalized spacial score (nSPS) is 15.2. The predicted molar refractivity (Wildman–Crippen MR) is 144 cm³/mol. The van der Waals surface area contributed by atoms with Crippen LogP contribution in [-0.4, -0.2) is 72.2 Å². The molecule has 1 unspecified atom stereocenters. The van der Waals surface area contributed by atoms with Crippen LogP contribution < -0.4 is 25.8 Å². The smallest absolute Gasteiger partial charge is 0.326 e. The van der Waals surface area contributed by atoms with Crippen LogP contribution in [0.3, 0.4) is 0 Å². The first-order valence-corrected chi connectivity index (χ1v) is 13.0. The molecule has 3 aromatic heterocycles. The fraction of sp³-hybridized carbons (Fsp3) is 0.333. The number of ether oxygens (including phenoxy) is 1. The average molecular weight is 585 g/mol. The molecule has 1 aliphatic rings. The summed E-state index contributed by atoms with van der Waals surface area (Å²) in [4.78, 5) is 46.4. The Morgan fingerprint density at radius 1 is 1.26 bits per heavy atom. The minimum absolute atomic E-state index is 0.148. The van der Waals surface area contributed by atoms with Crippen molar-refractivity contribution in [3.8, 4) is 5.75 Å². The number of benzene rings is 1. The van der Waals surface area contributed by atoms with Crippen molar-refractivity contribution in [1.29, 1.82) is 0 Å². The summed E-state index contributed by atoms with van der Waals surface area (Å²) in [5.74, 6) is 0.518. The first-order valence-electron chi connectivity index (χ1n) is 11.9. The quantitative estimate of drug-likeness (QED) is 0.195. The van der Waals surface area contributed by atoms with Crippen LogP contribution >= 0.6 is 15.9 Å². The van der Waals surface area contributed by atoms with E-state index < -0.39 is 12.0 Å². The lowest BCUT2D eigenvalue weighted by molar-refractivity contribution is -0.138. The van der Waals surface area contributed by atoms with Crippen LogP contribution in [0.25, 0.3) is 16.7 Å². The van der Waals surface area contributed by atoms with Gasteiger partial charge in [0.25, 0.3) is 11.3 Å². The number of carboxylic acids is 1. The zero-order valence-electron chi connectivity index (χ0n) is 20.4. The van der Waals surface area contributed by atoms with Gasteiger partial charge < -0.3 is 29.9 Å². The van der Waals surface area contributed by atoms with Crippen molar-refractivity contribution in [2.75, 3.05) is 35.2 Å². The second-order valence-electron chi connectivity index (χ2n) is 8.76. The van der Waals surface area contributed by atoms with Crippen LogP contribution in [-0.2, 0) is 16.6 Å². The highest BCUT2D eigenvalue weighted by molar-refractivity contribution is 9.09. The van der Waals surface area contributed by atoms with Gasteiger partial charge in [-0.05, 0) is 37.1 Å². The second kappa shape index (κ2) is 10.7. The first kappa shape index (κ1) is 25.4. The van der Waals surface area contributed by atoms with Crippen LogP contribution in [0.1, 0.15) is 12.8 Å². The molecule has 1 amide bonds. The standard InChI is InChI=1S/C24H25BrN8O5/c1-31-16-5-4-15(9-14(16)10-18(22(31)35)38-8-6-26-21(34)12-25)29-20-11-19(30-24-27-13-28-33(20)24)32-7-2-3-17(32)23(36)37/h4-5,9-11,13,17,29H,2-3,6-8,12H2,1H3,(H,26,34)(H,36,37). The summed E-state index contributed by atoms with van der Waals surface area (Å²) < 4.78 is 8.70. The summed E-state index contributed by atoms with van der Waals surface area (Å²) in [5, 5.41) is 20.8. The molecule has 1 aromatic carbocycles. The van der Waals surface area contributed by atoms with E-state index in [0.717, 1.165) is 11.8 Å². The van der Waals surface area contributed by atoms with Gasteiger partial charge in [0.15, 0.2) is 5.75 Å². The summed E-state index contributed by atoms with van der Waals surface area (Å²) in [6, 6.07) is 8.29. The molecule has 0 spiro atoms. The second-order valence-corrected chi connectivity index (χ2v) is 9.33. The van der Waals surface area contributed by atoms with Crippen molar-refractivity contribution in [3.63, 3.8) is 0 Å². The molecule has 198 valence electrons. The lowest BCUT2D eigenvalue weighted by Crippen LogP contribution is -2.36. The topological polar surface area (TPSA) is 156 Å². The zero-order chi connectivity index (χ0) is 26.8. The van der Waals surface area contributed by atoms with Crippen molar-refractivity contribution in [1.82, 2.24) is 29.5 Å². The van der Waals surface area contributed by atoms with E-state index in [1.54, 1.807) is 24.1 Å². The first-order chi connectivity index (χ1) is 18.4. The number of alkyl halides is 1. The maximum Gasteiger partial charge on any atom is 0.326 e. The van der Waals surface area contributed by atoms with E-state index in [1.165, 1.54) is 15.4 Å². The van der Waals surface area contributed by atoms with Crippen LogP contribution in [0.15, 0.2) is 41.5 Å². The summed E-state index contributed by atoms with van der Waals surface area (Å²) in [6.07, 6.45) is 2.69. The lowest BCUT2D eigenvalue weighted by Gasteiger charge is -2.23. The number of anilines is 3. The van der Waals surface area contributed by atoms with E-state index in [-0.39, 0.29) is 35.7 Å². The van der Waals surface area contributed by atoms with Crippen molar-refractivity contribution in [3.05, 3.63) is 47.0 Å². The van der Waals surface area contributed by atoms with E-state index in [4.69, 9.17) is 4.74 Å². The van der Waals surface area contributed by atoms with Gasteiger partial charge in [-0.1, -0.05) is 15.9 Å². The van der Waals surface area contributed by atoms with Gasteiger partial charge in [0.2, 0.25) is 5.91 Å². The molecule has 0 saturated carbocycles. The number of pyridine rings is 1. The molecular weight excluding hydrogens is 560 g/mol. The van der Waals surface area contributed by atoms with Gasteiger partial charge in [-0.3, -0.25) is 9.59 Å². The van der Waals surface area contributed by atoms with Crippen molar-refractivity contribution >= 4 is 61.8 Å². The SMILES string of the molecule is Cn1c(=O)c(OCCNC(=O)CBr)cc2cc(Nc3cc(N4CCCC4C(=O)O)nc4ncnn34)ccc21. The number of aliphatic carboxylic acids is 1. The monoisotopic (exact) mass is 584 g/mol. The minimum atomic E-state index is -0.885. The Morgan fingerprint density at radius 2 is 2.11 bits per heavy atom. The molecule has 1 aliphatic heterocycles. The third kappa shape index (κ3) is 4.98. The highest BCUT2D eigenvalue weighted by atomic mass is 79.9. The number of halogens is 1. The fourth-order valence-corrected chi connectivity index (χ4v) is 4.71. The van der Waals surface area contributed by atoms with Crippen molar-refractivity contribution in [2.45, 2.75) is 18.9 Å². The Hall–Kier alpha value is -4.20. The van der Waals surface area contributed by atoms with Gasteiger partial charge >= 0.3 is 5.97 Å². The maximum absolute atomic E-state index is 12.8. The van der Waals surface area contributed by atoms with Gasteiger partial charge in [0, 0.05) is 30.7 Å². The molecule has 14 heteroatoms. The zero-order valence-corrected chi connectivity index (χ0v) is 22.0. The number of rotatable bonds is 9. The number of hydrogen-bond donors (Lipinski definition) is 3. The largest absolute Gasteiger partial charge is 0.486 e. The molecule has 4 heterocycles. The molecule has 0 bridgehead atoms. The van der Waals surface area contributed by atoms with Gasteiger partial charge in [-0.25, -0.2) is 4.79 Å². The highest BCUT2D eigenvalue weighted by Gasteiger charge is 2.32. The molecule has 1 saturated heterocycles. The molecule has 0 aliphatic carbocycles. The van der Waals surface area contributed by atoms with Crippen LogP contribution in [0.2, 0.25) is 0 Å². The van der Waals surface area contributed by atoms with Crippen LogP contribution in [0, 0.1) is 0 Å².